The molecule has 0 aromatic carbocycles. The van der Waals surface area contributed by atoms with Crippen LogP contribution >= 0.6 is 0 Å². The second-order valence-corrected chi connectivity index (χ2v) is 6.27. The largest absolute Gasteiger partial charge is 1.00 e. The van der Waals surface area contributed by atoms with E-state index in [9.17, 15) is 5.11 Å². The first-order valence-electron chi connectivity index (χ1n) is 9.48. The van der Waals surface area contributed by atoms with Gasteiger partial charge in [-0.05, 0) is 38.5 Å². The Balaban J connectivity index is 0. The van der Waals surface area contributed by atoms with Crippen LogP contribution in [0.1, 0.15) is 103 Å². The summed E-state index contributed by atoms with van der Waals surface area (Å²) in [4.78, 5) is 0. The molecule has 0 radical (unpaired) electrons. The van der Waals surface area contributed by atoms with Crippen LogP contribution < -0.4 is 34.7 Å². The topological polar surface area (TPSA) is 43.3 Å². The Morgan fingerprint density at radius 1 is 0.696 bits per heavy atom. The zero-order chi connectivity index (χ0) is 16.3. The molecule has 23 heavy (non-hydrogen) atoms. The van der Waals surface area contributed by atoms with Crippen LogP contribution in [0, 0.1) is 0 Å². The summed E-state index contributed by atoms with van der Waals surface area (Å²) in [6.07, 6.45) is 24.9. The number of rotatable bonds is 16. The van der Waals surface area contributed by atoms with Crippen molar-refractivity contribution in [3.8, 4) is 0 Å². The van der Waals surface area contributed by atoms with E-state index in [-0.39, 0.29) is 29.6 Å². The number of hydrogen-bond acceptors (Lipinski definition) is 2. The van der Waals surface area contributed by atoms with Gasteiger partial charge in [-0.2, -0.15) is 0 Å². The van der Waals surface area contributed by atoms with Gasteiger partial charge in [-0.1, -0.05) is 82.9 Å². The molecule has 0 atom stereocenters. The molecule has 0 unspecified atom stereocenters. The third-order valence-corrected chi connectivity index (χ3v) is 4.03. The number of hydrogen-bond donors (Lipinski definition) is 1. The molecular formula is C20H37NaO2. The Labute approximate surface area is 166 Å². The van der Waals surface area contributed by atoms with Crippen molar-refractivity contribution >= 4 is 0 Å². The van der Waals surface area contributed by atoms with E-state index in [0.717, 1.165) is 19.3 Å². The van der Waals surface area contributed by atoms with E-state index in [0.29, 0.717) is 0 Å². The Kier molecular flexibility index (Phi) is 24.3. The van der Waals surface area contributed by atoms with E-state index >= 15 is 0 Å². The maximum absolute atomic E-state index is 10.3. The van der Waals surface area contributed by atoms with Gasteiger partial charge in [0.1, 0.15) is 0 Å². The van der Waals surface area contributed by atoms with Crippen molar-refractivity contribution < 1.29 is 39.8 Å². The van der Waals surface area contributed by atoms with Crippen LogP contribution in [0.15, 0.2) is 24.2 Å². The molecule has 2 nitrogen and oxygen atoms in total. The van der Waals surface area contributed by atoms with E-state index in [4.69, 9.17) is 5.11 Å². The van der Waals surface area contributed by atoms with Crippen molar-refractivity contribution in [3.63, 3.8) is 0 Å². The Hall–Kier alpha value is 0.0800. The van der Waals surface area contributed by atoms with Crippen LogP contribution in [0.4, 0.5) is 0 Å². The number of aliphatic hydroxyl groups excluding tert-OH is 1. The summed E-state index contributed by atoms with van der Waals surface area (Å²) in [5.74, 6) is -0.784. The SMILES string of the molecule is CCCCCCCC/C=C\CCCCCCCC/C=C(\[O-])O.[Na+]. The monoisotopic (exact) mass is 332 g/mol. The van der Waals surface area contributed by atoms with Crippen molar-refractivity contribution in [2.24, 2.45) is 0 Å². The van der Waals surface area contributed by atoms with Gasteiger partial charge in [-0.25, -0.2) is 0 Å². The van der Waals surface area contributed by atoms with E-state index in [1.807, 2.05) is 0 Å². The maximum atomic E-state index is 10.3. The summed E-state index contributed by atoms with van der Waals surface area (Å²) < 4.78 is 0. The van der Waals surface area contributed by atoms with Crippen LogP contribution in [0.25, 0.3) is 0 Å². The van der Waals surface area contributed by atoms with Crippen molar-refractivity contribution in [2.75, 3.05) is 0 Å². The first-order chi connectivity index (χ1) is 10.8. The van der Waals surface area contributed by atoms with E-state index in [1.54, 1.807) is 0 Å². The van der Waals surface area contributed by atoms with Gasteiger partial charge in [0.2, 0.25) is 0 Å². The number of aliphatic hydroxyl groups is 1. The molecule has 0 rings (SSSR count). The molecular weight excluding hydrogens is 295 g/mol. The minimum Gasteiger partial charge on any atom is -0.629 e. The van der Waals surface area contributed by atoms with Gasteiger partial charge < -0.3 is 10.2 Å². The second kappa shape index (κ2) is 22.1. The summed E-state index contributed by atoms with van der Waals surface area (Å²) in [6.45, 7) is 2.26. The molecule has 0 fully saturated rings. The summed E-state index contributed by atoms with van der Waals surface area (Å²) in [5.41, 5.74) is 0. The van der Waals surface area contributed by atoms with Crippen LogP contribution in [0.5, 0.6) is 0 Å². The smallest absolute Gasteiger partial charge is 0.629 e. The normalized spacial score (nSPS) is 11.8. The van der Waals surface area contributed by atoms with Crippen molar-refractivity contribution in [1.29, 1.82) is 0 Å². The predicted octanol–water partition coefficient (Wildman–Crippen LogP) is 3.18. The molecule has 0 saturated carbocycles. The maximum Gasteiger partial charge on any atom is 1.00 e. The predicted molar refractivity (Wildman–Crippen MR) is 94.8 cm³/mol. The summed E-state index contributed by atoms with van der Waals surface area (Å²) >= 11 is 0. The first kappa shape index (κ1) is 25.3. The van der Waals surface area contributed by atoms with Crippen molar-refractivity contribution in [2.45, 2.75) is 103 Å². The average Bonchev–Trinajstić information content (AvgIpc) is 2.50. The quantitative estimate of drug-likeness (QED) is 0.204. The molecule has 0 aliphatic carbocycles. The molecule has 1 N–H and O–H groups in total. The third-order valence-electron chi connectivity index (χ3n) is 4.03. The van der Waals surface area contributed by atoms with Crippen LogP contribution in [-0.4, -0.2) is 5.11 Å². The fourth-order valence-electron chi connectivity index (χ4n) is 2.62. The van der Waals surface area contributed by atoms with Gasteiger partial charge in [-0.3, -0.25) is 0 Å². The minimum absolute atomic E-state index is 0. The van der Waals surface area contributed by atoms with Crippen LogP contribution in [0.3, 0.4) is 0 Å². The molecule has 0 aromatic heterocycles. The van der Waals surface area contributed by atoms with Gasteiger partial charge in [-0.15, -0.1) is 0 Å². The molecule has 0 saturated heterocycles. The number of unbranched alkanes of at least 4 members (excludes halogenated alkanes) is 13. The summed E-state index contributed by atoms with van der Waals surface area (Å²) in [7, 11) is 0. The summed E-state index contributed by atoms with van der Waals surface area (Å²) in [6, 6.07) is 0. The molecule has 0 spiro atoms. The van der Waals surface area contributed by atoms with Gasteiger partial charge >= 0.3 is 29.6 Å². The molecule has 0 heterocycles. The second-order valence-electron chi connectivity index (χ2n) is 6.27. The van der Waals surface area contributed by atoms with Crippen LogP contribution in [0.2, 0.25) is 0 Å². The Bertz CT molecular complexity index is 271. The summed E-state index contributed by atoms with van der Waals surface area (Å²) in [5, 5.41) is 18.8. The van der Waals surface area contributed by atoms with E-state index in [2.05, 4.69) is 19.1 Å². The van der Waals surface area contributed by atoms with Gasteiger partial charge in [0.25, 0.3) is 0 Å². The molecule has 130 valence electrons. The molecule has 0 aliphatic heterocycles. The third kappa shape index (κ3) is 24.5. The first-order valence-corrected chi connectivity index (χ1v) is 9.48. The number of allylic oxidation sites excluding steroid dienone is 3. The average molecular weight is 333 g/mol. The molecule has 0 amide bonds. The molecule has 3 heteroatoms. The molecule has 0 aliphatic rings. The van der Waals surface area contributed by atoms with Crippen LogP contribution in [-0.2, 0) is 0 Å². The van der Waals surface area contributed by atoms with Crippen molar-refractivity contribution in [3.05, 3.63) is 24.2 Å². The zero-order valence-corrected chi connectivity index (χ0v) is 17.7. The minimum atomic E-state index is -0.784. The van der Waals surface area contributed by atoms with E-state index < -0.39 is 5.95 Å². The van der Waals surface area contributed by atoms with E-state index in [1.165, 1.54) is 83.1 Å². The van der Waals surface area contributed by atoms with Gasteiger partial charge in [0.05, 0.1) is 0 Å². The Morgan fingerprint density at radius 2 is 1.09 bits per heavy atom. The van der Waals surface area contributed by atoms with Gasteiger partial charge in [0, 0.05) is 5.95 Å². The molecule has 0 bridgehead atoms. The fourth-order valence-corrected chi connectivity index (χ4v) is 2.62. The van der Waals surface area contributed by atoms with Gasteiger partial charge in [0.15, 0.2) is 0 Å². The Morgan fingerprint density at radius 3 is 1.52 bits per heavy atom. The fraction of sp³-hybridized carbons (Fsp3) is 0.800. The standard InChI is InChI=1S/C20H38O2.Na/c1-2-3-4-5-6-7-8-9-10-11-12-13-14-15-16-17-18-19-20(21)22;/h9-10,19,21-22H,2-8,11-18H2,1H3;/q;+1/p-1/b10-9-;. The zero-order valence-electron chi connectivity index (χ0n) is 15.7. The molecule has 0 aromatic rings. The van der Waals surface area contributed by atoms with Crippen molar-refractivity contribution in [1.82, 2.24) is 0 Å².